The van der Waals surface area contributed by atoms with Crippen LogP contribution in [0.1, 0.15) is 33.1 Å². The molecule has 0 bridgehead atoms. The van der Waals surface area contributed by atoms with Crippen molar-refractivity contribution >= 4 is 17.6 Å². The molecule has 2 unspecified atom stereocenters. The summed E-state index contributed by atoms with van der Waals surface area (Å²) in [6, 6.07) is 0. The maximum Gasteiger partial charge on any atom is 0.327 e. The molecular formula is C10H15ClO2. The third-order valence-electron chi connectivity index (χ3n) is 3.41. The summed E-state index contributed by atoms with van der Waals surface area (Å²) in [5.74, 6) is 0.677. The van der Waals surface area contributed by atoms with Crippen LogP contribution >= 0.6 is 11.6 Å². The molecule has 2 nitrogen and oxygen atoms in total. The Hall–Kier alpha value is -0.240. The lowest BCUT2D eigenvalue weighted by Gasteiger charge is -2.31. The van der Waals surface area contributed by atoms with Crippen molar-refractivity contribution in [2.75, 3.05) is 0 Å². The molecule has 2 rings (SSSR count). The molecule has 1 saturated carbocycles. The topological polar surface area (TPSA) is 26.3 Å². The second-order valence-electron chi connectivity index (χ2n) is 4.54. The van der Waals surface area contributed by atoms with Crippen LogP contribution in [0.2, 0.25) is 0 Å². The molecule has 0 aromatic carbocycles. The second kappa shape index (κ2) is 2.88. The first-order chi connectivity index (χ1) is 6.01. The van der Waals surface area contributed by atoms with Crippen LogP contribution in [0.5, 0.6) is 0 Å². The van der Waals surface area contributed by atoms with E-state index in [2.05, 4.69) is 6.92 Å². The molecule has 3 heteroatoms. The highest BCUT2D eigenvalue weighted by molar-refractivity contribution is 6.34. The number of halogens is 1. The summed E-state index contributed by atoms with van der Waals surface area (Å²) in [4.78, 5) is 10.7. The molecular weight excluding hydrogens is 188 g/mol. The third kappa shape index (κ3) is 1.35. The van der Waals surface area contributed by atoms with E-state index in [-0.39, 0.29) is 18.0 Å². The average Bonchev–Trinajstić information content (AvgIpc) is 2.23. The number of fused-ring (bicyclic) bond motifs is 1. The SMILES string of the molecule is CC1CC[C@@H]2[C@@H](C1)OC(=O)C2(C)Cl. The summed E-state index contributed by atoms with van der Waals surface area (Å²) < 4.78 is 5.28. The van der Waals surface area contributed by atoms with E-state index in [0.717, 1.165) is 12.8 Å². The minimum absolute atomic E-state index is 0.0822. The molecule has 0 amide bonds. The van der Waals surface area contributed by atoms with Crippen molar-refractivity contribution in [3.63, 3.8) is 0 Å². The van der Waals surface area contributed by atoms with E-state index in [9.17, 15) is 4.79 Å². The first-order valence-electron chi connectivity index (χ1n) is 4.92. The van der Waals surface area contributed by atoms with Crippen LogP contribution in [0.4, 0.5) is 0 Å². The van der Waals surface area contributed by atoms with Gasteiger partial charge >= 0.3 is 5.97 Å². The Morgan fingerprint density at radius 2 is 2.23 bits per heavy atom. The normalized spacial score (nSPS) is 50.1. The van der Waals surface area contributed by atoms with Gasteiger partial charge in [0.2, 0.25) is 0 Å². The minimum Gasteiger partial charge on any atom is -0.461 e. The van der Waals surface area contributed by atoms with Gasteiger partial charge in [-0.3, -0.25) is 4.79 Å². The number of rotatable bonds is 0. The average molecular weight is 203 g/mol. The molecule has 0 N–H and O–H groups in total. The number of carbonyl (C=O) groups is 1. The zero-order chi connectivity index (χ0) is 9.64. The van der Waals surface area contributed by atoms with Crippen molar-refractivity contribution < 1.29 is 9.53 Å². The molecule has 1 heterocycles. The summed E-state index contributed by atoms with van der Waals surface area (Å²) in [5, 5.41) is 0. The van der Waals surface area contributed by atoms with Gasteiger partial charge in [0.15, 0.2) is 0 Å². The Morgan fingerprint density at radius 1 is 1.54 bits per heavy atom. The molecule has 1 aliphatic heterocycles. The van der Waals surface area contributed by atoms with Crippen LogP contribution in [-0.4, -0.2) is 16.9 Å². The van der Waals surface area contributed by atoms with Crippen molar-refractivity contribution in [2.24, 2.45) is 11.8 Å². The number of alkyl halides is 1. The Morgan fingerprint density at radius 3 is 2.92 bits per heavy atom. The van der Waals surface area contributed by atoms with Gasteiger partial charge in [-0.1, -0.05) is 13.3 Å². The fourth-order valence-corrected chi connectivity index (χ4v) is 2.78. The standard InChI is InChI=1S/C10H15ClO2/c1-6-3-4-7-8(5-6)13-9(12)10(7,2)11/h6-8H,3-5H2,1-2H3/t6?,7-,8-,10?/m1/s1. The molecule has 0 spiro atoms. The van der Waals surface area contributed by atoms with Crippen LogP contribution in [0, 0.1) is 11.8 Å². The maximum atomic E-state index is 11.4. The minimum atomic E-state index is -0.759. The van der Waals surface area contributed by atoms with E-state index < -0.39 is 4.87 Å². The summed E-state index contributed by atoms with van der Waals surface area (Å²) in [7, 11) is 0. The molecule has 2 fully saturated rings. The molecule has 74 valence electrons. The molecule has 0 aromatic rings. The van der Waals surface area contributed by atoms with Crippen molar-refractivity contribution in [1.29, 1.82) is 0 Å². The van der Waals surface area contributed by atoms with Crippen LogP contribution in [0.15, 0.2) is 0 Å². The molecule has 13 heavy (non-hydrogen) atoms. The highest BCUT2D eigenvalue weighted by atomic mass is 35.5. The van der Waals surface area contributed by atoms with Crippen molar-refractivity contribution in [3.8, 4) is 0 Å². The second-order valence-corrected chi connectivity index (χ2v) is 5.33. The van der Waals surface area contributed by atoms with Gasteiger partial charge in [0.1, 0.15) is 11.0 Å². The predicted molar refractivity (Wildman–Crippen MR) is 50.6 cm³/mol. The molecule has 0 aromatic heterocycles. The van der Waals surface area contributed by atoms with Crippen LogP contribution in [0.3, 0.4) is 0 Å². The lowest BCUT2D eigenvalue weighted by Crippen LogP contribution is -2.36. The fraction of sp³-hybridized carbons (Fsp3) is 0.900. The quantitative estimate of drug-likeness (QED) is 0.445. The largest absolute Gasteiger partial charge is 0.461 e. The molecule has 1 saturated heterocycles. The maximum absolute atomic E-state index is 11.4. The Labute approximate surface area is 83.6 Å². The summed E-state index contributed by atoms with van der Waals surface area (Å²) in [5.41, 5.74) is 0. The fourth-order valence-electron chi connectivity index (χ4n) is 2.48. The van der Waals surface area contributed by atoms with Gasteiger partial charge in [0, 0.05) is 5.92 Å². The number of carbonyl (C=O) groups excluding carboxylic acids is 1. The Balaban J connectivity index is 2.18. The number of hydrogen-bond donors (Lipinski definition) is 0. The van der Waals surface area contributed by atoms with Gasteiger partial charge in [-0.25, -0.2) is 0 Å². The van der Waals surface area contributed by atoms with Gasteiger partial charge < -0.3 is 4.74 Å². The van der Waals surface area contributed by atoms with Crippen LogP contribution < -0.4 is 0 Å². The van der Waals surface area contributed by atoms with E-state index in [1.165, 1.54) is 6.42 Å². The van der Waals surface area contributed by atoms with Crippen LogP contribution in [-0.2, 0) is 9.53 Å². The smallest absolute Gasteiger partial charge is 0.327 e. The van der Waals surface area contributed by atoms with Gasteiger partial charge in [-0.2, -0.15) is 0 Å². The zero-order valence-corrected chi connectivity index (χ0v) is 8.80. The molecule has 2 aliphatic rings. The number of ether oxygens (including phenoxy) is 1. The van der Waals surface area contributed by atoms with Gasteiger partial charge in [0.25, 0.3) is 0 Å². The van der Waals surface area contributed by atoms with Crippen molar-refractivity contribution in [1.82, 2.24) is 0 Å². The van der Waals surface area contributed by atoms with E-state index in [0.29, 0.717) is 5.92 Å². The van der Waals surface area contributed by atoms with E-state index in [4.69, 9.17) is 16.3 Å². The number of hydrogen-bond acceptors (Lipinski definition) is 2. The highest BCUT2D eigenvalue weighted by Crippen LogP contribution is 2.46. The van der Waals surface area contributed by atoms with Crippen molar-refractivity contribution in [3.05, 3.63) is 0 Å². The lowest BCUT2D eigenvalue weighted by molar-refractivity contribution is -0.143. The third-order valence-corrected chi connectivity index (χ3v) is 3.84. The van der Waals surface area contributed by atoms with Gasteiger partial charge in [0.05, 0.1) is 0 Å². The zero-order valence-electron chi connectivity index (χ0n) is 8.05. The van der Waals surface area contributed by atoms with Gasteiger partial charge in [-0.15, -0.1) is 11.6 Å². The summed E-state index contributed by atoms with van der Waals surface area (Å²) >= 11 is 6.16. The van der Waals surface area contributed by atoms with Crippen molar-refractivity contribution in [2.45, 2.75) is 44.1 Å². The first kappa shape index (κ1) is 9.32. The Bertz CT molecular complexity index is 237. The molecule has 1 aliphatic carbocycles. The summed E-state index contributed by atoms with van der Waals surface area (Å²) in [6.45, 7) is 3.99. The first-order valence-corrected chi connectivity index (χ1v) is 5.29. The van der Waals surface area contributed by atoms with Gasteiger partial charge in [-0.05, 0) is 25.7 Å². The number of esters is 1. The van der Waals surface area contributed by atoms with Crippen LogP contribution in [0.25, 0.3) is 0 Å². The van der Waals surface area contributed by atoms with E-state index in [1.807, 2.05) is 0 Å². The molecule has 4 atom stereocenters. The Kier molecular flexibility index (Phi) is 2.06. The van der Waals surface area contributed by atoms with E-state index in [1.54, 1.807) is 6.92 Å². The monoisotopic (exact) mass is 202 g/mol. The highest BCUT2D eigenvalue weighted by Gasteiger charge is 2.54. The molecule has 0 radical (unpaired) electrons. The van der Waals surface area contributed by atoms with E-state index >= 15 is 0 Å². The lowest BCUT2D eigenvalue weighted by atomic mass is 9.76. The summed E-state index contributed by atoms with van der Waals surface area (Å²) in [6.07, 6.45) is 3.26. The predicted octanol–water partition coefficient (Wildman–Crippen LogP) is 2.35.